The van der Waals surface area contributed by atoms with E-state index in [0.29, 0.717) is 46.7 Å². The van der Waals surface area contributed by atoms with Crippen molar-refractivity contribution in [2.75, 3.05) is 33.1 Å². The number of aliphatic hydroxyl groups excluding tert-OH is 1. The molecule has 6 rings (SSSR count). The number of fused-ring (bicyclic) bond motifs is 2. The van der Waals surface area contributed by atoms with Crippen LogP contribution in [0.4, 0.5) is 5.69 Å². The van der Waals surface area contributed by atoms with Crippen molar-refractivity contribution in [2.24, 2.45) is 4.36 Å². The first-order valence-corrected chi connectivity index (χ1v) is 15.3. The normalized spacial score (nSPS) is 23.9. The van der Waals surface area contributed by atoms with E-state index >= 15 is 0 Å². The predicted molar refractivity (Wildman–Crippen MR) is 154 cm³/mol. The van der Waals surface area contributed by atoms with Crippen LogP contribution in [0.3, 0.4) is 0 Å². The Morgan fingerprint density at radius 1 is 1.07 bits per heavy atom. The van der Waals surface area contributed by atoms with Gasteiger partial charge in [0.25, 0.3) is 6.01 Å². The maximum absolute atomic E-state index is 12.8. The lowest BCUT2D eigenvalue weighted by molar-refractivity contribution is 0.00706. The molecule has 0 spiro atoms. The molecule has 12 heteroatoms. The van der Waals surface area contributed by atoms with Gasteiger partial charge >= 0.3 is 0 Å². The van der Waals surface area contributed by atoms with E-state index in [1.54, 1.807) is 23.7 Å². The van der Waals surface area contributed by atoms with E-state index in [1.165, 1.54) is 0 Å². The van der Waals surface area contributed by atoms with Crippen molar-refractivity contribution in [3.05, 3.63) is 59.6 Å². The van der Waals surface area contributed by atoms with Gasteiger partial charge in [-0.2, -0.15) is 9.35 Å². The monoisotopic (exact) mass is 583 g/mol. The van der Waals surface area contributed by atoms with Gasteiger partial charge in [0, 0.05) is 25.4 Å². The number of ether oxygens (including phenoxy) is 3. The number of halogens is 1. The van der Waals surface area contributed by atoms with E-state index in [4.69, 9.17) is 25.8 Å². The Bertz CT molecular complexity index is 1650. The van der Waals surface area contributed by atoms with E-state index in [-0.39, 0.29) is 24.9 Å². The average Bonchev–Trinajstić information content (AvgIpc) is 3.64. The van der Waals surface area contributed by atoms with Crippen molar-refractivity contribution >= 4 is 38.4 Å². The number of benzene rings is 2. The van der Waals surface area contributed by atoms with Crippen LogP contribution < -0.4 is 4.74 Å². The zero-order valence-electron chi connectivity index (χ0n) is 22.3. The molecule has 5 atom stereocenters. The third kappa shape index (κ3) is 5.20. The van der Waals surface area contributed by atoms with Gasteiger partial charge in [-0.05, 0) is 29.3 Å². The Balaban J connectivity index is 1.20. The zero-order valence-corrected chi connectivity index (χ0v) is 23.9. The van der Waals surface area contributed by atoms with Gasteiger partial charge < -0.3 is 24.3 Å². The summed E-state index contributed by atoms with van der Waals surface area (Å²) in [6, 6.07) is 17.7. The second-order valence-corrected chi connectivity index (χ2v) is 12.7. The topological polar surface area (TPSA) is 122 Å². The number of aromatic nitrogens is 3. The second kappa shape index (κ2) is 10.7. The first-order valence-electron chi connectivity index (χ1n) is 13.0. The number of rotatable bonds is 7. The van der Waals surface area contributed by atoms with Crippen LogP contribution in [-0.2, 0) is 19.4 Å². The summed E-state index contributed by atoms with van der Waals surface area (Å²) in [4.78, 5) is 12.3. The van der Waals surface area contributed by atoms with Crippen molar-refractivity contribution in [2.45, 2.75) is 31.3 Å². The fraction of sp³-hybridized carbons (Fsp3) is 0.357. The van der Waals surface area contributed by atoms with Crippen molar-refractivity contribution < 1.29 is 23.5 Å². The molecule has 2 aromatic heterocycles. The maximum Gasteiger partial charge on any atom is 0.296 e. The largest absolute Gasteiger partial charge is 0.456 e. The smallest absolute Gasteiger partial charge is 0.296 e. The lowest BCUT2D eigenvalue weighted by Gasteiger charge is -2.15. The number of aliphatic hydroxyl groups is 1. The summed E-state index contributed by atoms with van der Waals surface area (Å²) in [6.07, 6.45) is -0.0989. The lowest BCUT2D eigenvalue weighted by atomic mass is 10.0. The highest BCUT2D eigenvalue weighted by molar-refractivity contribution is 7.90. The highest BCUT2D eigenvalue weighted by Crippen LogP contribution is 2.33. The molecule has 2 aromatic carbocycles. The van der Waals surface area contributed by atoms with E-state index in [2.05, 4.69) is 19.3 Å². The Morgan fingerprint density at radius 2 is 1.73 bits per heavy atom. The van der Waals surface area contributed by atoms with Crippen LogP contribution in [0.5, 0.6) is 6.01 Å². The fourth-order valence-corrected chi connectivity index (χ4v) is 6.27. The van der Waals surface area contributed by atoms with Crippen molar-refractivity contribution in [1.29, 1.82) is 0 Å². The Morgan fingerprint density at radius 3 is 2.42 bits per heavy atom. The molecular formula is C28H30ClN5O5S. The lowest BCUT2D eigenvalue weighted by Crippen LogP contribution is -2.34. The van der Waals surface area contributed by atoms with E-state index in [1.807, 2.05) is 55.5 Å². The third-order valence-corrected chi connectivity index (χ3v) is 9.56. The summed E-state index contributed by atoms with van der Waals surface area (Å²) < 4.78 is 36.2. The molecule has 0 radical (unpaired) electrons. The molecule has 2 aliphatic rings. The summed E-state index contributed by atoms with van der Waals surface area (Å²) in [7, 11) is -0.651. The molecule has 2 saturated heterocycles. The average molecular weight is 584 g/mol. The van der Waals surface area contributed by atoms with Crippen molar-refractivity contribution in [1.82, 2.24) is 19.3 Å². The van der Waals surface area contributed by atoms with Crippen LogP contribution in [0.1, 0.15) is 6.92 Å². The van der Waals surface area contributed by atoms with Gasteiger partial charge in [0.15, 0.2) is 11.8 Å². The zero-order chi connectivity index (χ0) is 28.0. The van der Waals surface area contributed by atoms with E-state index in [0.717, 1.165) is 16.7 Å². The van der Waals surface area contributed by atoms with Gasteiger partial charge in [-0.15, -0.1) is 0 Å². The summed E-state index contributed by atoms with van der Waals surface area (Å²) in [5, 5.41) is 10.4. The summed E-state index contributed by atoms with van der Waals surface area (Å²) in [6.45, 7) is 3.14. The second-order valence-electron chi connectivity index (χ2n) is 9.97. The molecule has 4 heterocycles. The first kappa shape index (κ1) is 27.1. The van der Waals surface area contributed by atoms with Crippen LogP contribution in [0.25, 0.3) is 33.5 Å². The minimum absolute atomic E-state index is 0.231. The van der Waals surface area contributed by atoms with Crippen LogP contribution in [0, 0.1) is 0 Å². The molecule has 2 unspecified atom stereocenters. The van der Waals surface area contributed by atoms with Crippen LogP contribution in [0.2, 0.25) is 5.02 Å². The highest BCUT2D eigenvalue weighted by atomic mass is 35.5. The molecule has 2 aliphatic heterocycles. The number of nitrogens with one attached hydrogen (secondary N) is 1. The van der Waals surface area contributed by atoms with Crippen LogP contribution >= 0.6 is 11.6 Å². The molecule has 0 amide bonds. The SMILES string of the molecule is CCN(C)S(C)(=O)=Nc1ccc(-c2ccc(-c3nc4nc(OC5CO[C@@H]6[C@H](O)CO[C@H]56)[nH]c4cc3Cl)cc2)cc1. The molecule has 10 nitrogen and oxygen atoms in total. The van der Waals surface area contributed by atoms with Gasteiger partial charge in [-0.3, -0.25) is 0 Å². The molecule has 2 N–H and O–H groups in total. The number of H-pyrrole nitrogens is 1. The van der Waals surface area contributed by atoms with Gasteiger partial charge in [-0.25, -0.2) is 13.5 Å². The van der Waals surface area contributed by atoms with Crippen LogP contribution in [-0.4, -0.2) is 86.1 Å². The molecule has 210 valence electrons. The molecule has 2 fully saturated rings. The summed E-state index contributed by atoms with van der Waals surface area (Å²) in [5.41, 5.74) is 5.28. The molecule has 0 aliphatic carbocycles. The van der Waals surface area contributed by atoms with Crippen molar-refractivity contribution in [3.63, 3.8) is 0 Å². The predicted octanol–water partition coefficient (Wildman–Crippen LogP) is 4.45. The highest BCUT2D eigenvalue weighted by Gasteiger charge is 2.48. The molecular weight excluding hydrogens is 554 g/mol. The van der Waals surface area contributed by atoms with Crippen LogP contribution in [0.15, 0.2) is 59.0 Å². The Kier molecular flexibility index (Phi) is 7.28. The molecule has 0 saturated carbocycles. The number of pyridine rings is 1. The molecule has 4 aromatic rings. The quantitative estimate of drug-likeness (QED) is 0.330. The van der Waals surface area contributed by atoms with Gasteiger partial charge in [0.05, 0.1) is 35.1 Å². The van der Waals surface area contributed by atoms with Crippen molar-refractivity contribution in [3.8, 4) is 28.4 Å². The maximum atomic E-state index is 12.8. The van der Waals surface area contributed by atoms with Gasteiger partial charge in [-0.1, -0.05) is 54.9 Å². The van der Waals surface area contributed by atoms with E-state index in [9.17, 15) is 9.32 Å². The number of aromatic amines is 1. The molecule has 0 bridgehead atoms. The third-order valence-electron chi connectivity index (χ3n) is 7.31. The first-order chi connectivity index (χ1) is 19.2. The van der Waals surface area contributed by atoms with Gasteiger partial charge in [0.2, 0.25) is 0 Å². The summed E-state index contributed by atoms with van der Waals surface area (Å²) >= 11 is 6.61. The Hall–Kier alpha value is -3.06. The summed E-state index contributed by atoms with van der Waals surface area (Å²) in [5.74, 6) is 0. The minimum atomic E-state index is -2.45. The number of hydrogen-bond acceptors (Lipinski definition) is 8. The Labute approximate surface area is 237 Å². The standard InChI is InChI=1S/C28H30ClN5O5S/c1-4-34(2)40(3,36)33-19-11-9-17(10-12-19)16-5-7-18(8-6-16)24-20(29)13-21-27(31-24)32-28(30-21)39-23-15-38-25-22(35)14-37-26(23)25/h5-13,22-23,25-26,35H,4,14-15H2,1-3H3,(H,30,31,32)/t22-,23?,25-,26-,40?/m1/s1. The van der Waals surface area contributed by atoms with Gasteiger partial charge in [0.1, 0.15) is 28.2 Å². The van der Waals surface area contributed by atoms with E-state index < -0.39 is 16.0 Å². The fourth-order valence-electron chi connectivity index (χ4n) is 4.88. The number of nitrogens with zero attached hydrogens (tertiary/aromatic N) is 4. The number of imidazole rings is 1. The number of hydrogen-bond donors (Lipinski definition) is 2. The minimum Gasteiger partial charge on any atom is -0.456 e. The molecule has 40 heavy (non-hydrogen) atoms.